The van der Waals surface area contributed by atoms with Gasteiger partial charge in [0.15, 0.2) is 28.7 Å². The van der Waals surface area contributed by atoms with E-state index in [0.717, 1.165) is 75.8 Å². The van der Waals surface area contributed by atoms with E-state index in [-0.39, 0.29) is 29.8 Å². The van der Waals surface area contributed by atoms with E-state index in [0.29, 0.717) is 60.6 Å². The molecule has 0 bridgehead atoms. The van der Waals surface area contributed by atoms with Crippen LogP contribution in [-0.2, 0) is 145 Å². The van der Waals surface area contributed by atoms with Gasteiger partial charge in [0.25, 0.3) is 22.1 Å². The SMILES string of the molecule is C=C(C)P(=O)(OC)OOC(C)(C)C.C=C(C)P(=O)(OC)OOC1CCCCC1.C=C(C)P(=O)(OCC)OOC(C)(C)C.C=C(C)P(=O)(OOC(C)(C)C)c1ccccc1.C=C(C)P(=O)(OOC1CCCCC1)C1CCCC1.C=C(C)P(=O)(OOc1ccccc1)OOc1ccccc1.C=CP(=O)(OOC(C)(C)C)OOC(C)(C)C.C=CP(=O)(OOc1ccccc1)OOc1ccccc1.C=CP(C)(=O)OOc1ccccc1. The molecule has 3 aliphatic carbocycles. The van der Waals surface area contributed by atoms with E-state index < -0.39 is 95.7 Å². The van der Waals surface area contributed by atoms with Crippen molar-refractivity contribution in [2.45, 2.75) is 288 Å². The topological polar surface area (TPSA) is 403 Å². The molecule has 3 aliphatic rings. The standard InChI is InChI=1S/C15H15O5P.C14H13O5P.C14H25O3P.C13H19O3P.C10H21O5P.C10H19O4P.C9H19O4P.C9H11O3P.C8H17O4P/c1-13(2)21(16,19-17-14-9-5-3-6-10-14)20-18-15-11-7-4-8-12-15;1-2-20(15,18-16-13-9-5-3-6-10-13)19-17-14-11-7-4-8-12-14;1-12(2)18(15,14-10-6-7-11-14)17-16-13-8-4-3-5-9-13;1-11(2)17(14,16-15-13(3,4)5)12-9-7-6-8-10-12;1-8-16(11,14-12-9(2,3)4)15-13-10(5,6)7;1-9(2)15(11,12-3)14-13-10-7-5-4-6-8-10;1-7-11-14(10,8(2)3)13-12-9(4,5)6;1-3-13(2,10)12-11-9-7-5-4-6-8-9;1-7(2)13(9,10-6)12-11-8(3,4)5/h3-12H,1H2,2H3;2-12H,1H2;13-14H,1,3-11H2,2H3;6-10H,1H2,2-5H3;8H,1H2,2-7H3;10H,1,4-8H2,2-3H3;2,7H2,1,3-6H3;3-8H,1H2,2H3;1H2,2-6H3. The fourth-order valence-corrected chi connectivity index (χ4v) is 18.7. The first-order valence-electron chi connectivity index (χ1n) is 47.0. The molecule has 6 aromatic carbocycles. The first-order valence-corrected chi connectivity index (χ1v) is 61.9. The molecular formula is C102H159O36P9. The second-order valence-electron chi connectivity index (χ2n) is 37.7. The molecule has 0 aromatic heterocycles. The van der Waals surface area contributed by atoms with Crippen molar-refractivity contribution in [3.8, 4) is 28.7 Å². The largest absolute Gasteiger partial charge is 0.429 e. The van der Waals surface area contributed by atoms with Crippen LogP contribution in [0.2, 0.25) is 0 Å². The molecule has 147 heavy (non-hydrogen) atoms. The highest BCUT2D eigenvalue weighted by Gasteiger charge is 2.41. The number of hydrogen-bond acceptors (Lipinski definition) is 36. The van der Waals surface area contributed by atoms with Crippen LogP contribution < -0.4 is 29.7 Å². The smallest absolute Gasteiger partial charge is 0.331 e. The Balaban J connectivity index is 0.000000831. The van der Waals surface area contributed by atoms with Crippen molar-refractivity contribution in [2.75, 3.05) is 27.5 Å². The van der Waals surface area contributed by atoms with Gasteiger partial charge < -0.3 is 38.0 Å². The zero-order valence-electron chi connectivity index (χ0n) is 90.0. The van der Waals surface area contributed by atoms with Crippen molar-refractivity contribution >= 4 is 73.0 Å². The van der Waals surface area contributed by atoms with Gasteiger partial charge in [-0.3, -0.25) is 32.0 Å². The molecule has 3 saturated carbocycles. The van der Waals surface area contributed by atoms with Gasteiger partial charge in [-0.2, -0.15) is 9.35 Å². The third-order valence-corrected chi connectivity index (χ3v) is 32.8. The van der Waals surface area contributed by atoms with Gasteiger partial charge in [0.1, 0.15) is 0 Å². The summed E-state index contributed by atoms with van der Waals surface area (Å²) >= 11 is 0. The molecule has 6 atom stereocenters. The number of hydrogen-bond donors (Lipinski definition) is 0. The molecule has 0 saturated heterocycles. The molecule has 3 fully saturated rings. The van der Waals surface area contributed by atoms with Crippen LogP contribution in [0.25, 0.3) is 0 Å². The van der Waals surface area contributed by atoms with Gasteiger partial charge >= 0.3 is 45.6 Å². The van der Waals surface area contributed by atoms with Crippen LogP contribution in [0.3, 0.4) is 0 Å². The van der Waals surface area contributed by atoms with Crippen LogP contribution in [0.4, 0.5) is 0 Å². The third-order valence-electron chi connectivity index (χ3n) is 17.9. The summed E-state index contributed by atoms with van der Waals surface area (Å²) in [6.07, 6.45) is 15.6. The van der Waals surface area contributed by atoms with E-state index in [2.05, 4.69) is 59.2 Å². The van der Waals surface area contributed by atoms with Crippen molar-refractivity contribution < 1.29 is 169 Å². The van der Waals surface area contributed by atoms with Gasteiger partial charge in [-0.1, -0.05) is 238 Å². The number of benzene rings is 6. The maximum atomic E-state index is 12.9. The molecular weight excluding hydrogens is 2080 g/mol. The van der Waals surface area contributed by atoms with E-state index in [1.54, 1.807) is 251 Å². The van der Waals surface area contributed by atoms with Gasteiger partial charge in [-0.05, 0) is 269 Å². The van der Waals surface area contributed by atoms with E-state index in [9.17, 15) is 41.1 Å². The molecule has 0 N–H and O–H groups in total. The molecule has 45 heteroatoms. The van der Waals surface area contributed by atoms with Gasteiger partial charge in [-0.15, -0.1) is 28.0 Å². The summed E-state index contributed by atoms with van der Waals surface area (Å²) < 4.78 is 182. The zero-order valence-corrected chi connectivity index (χ0v) is 98.0. The Labute approximate surface area is 872 Å². The van der Waals surface area contributed by atoms with Crippen LogP contribution in [-0.4, -0.2) is 73.4 Å². The maximum Gasteiger partial charge on any atom is 0.429 e. The normalized spacial score (nSPS) is 16.1. The summed E-state index contributed by atoms with van der Waals surface area (Å²) in [4.78, 5) is 60.1. The third kappa shape index (κ3) is 60.4. The van der Waals surface area contributed by atoms with Crippen LogP contribution in [0.5, 0.6) is 28.7 Å². The summed E-state index contributed by atoms with van der Waals surface area (Å²) in [5, 5.41) is 2.90. The monoisotopic (exact) mass is 2240 g/mol. The summed E-state index contributed by atoms with van der Waals surface area (Å²) in [5.74, 6) is 5.35. The minimum Gasteiger partial charge on any atom is -0.331 e. The average Bonchev–Trinajstić information content (AvgIpc) is 1.71. The minimum absolute atomic E-state index is 0.0431. The number of rotatable bonds is 46. The van der Waals surface area contributed by atoms with E-state index >= 15 is 0 Å². The predicted octanol–water partition coefficient (Wildman–Crippen LogP) is 35.1. The summed E-state index contributed by atoms with van der Waals surface area (Å²) in [7, 11) is -27.0. The lowest BCUT2D eigenvalue weighted by Crippen LogP contribution is -2.21. The highest BCUT2D eigenvalue weighted by molar-refractivity contribution is 7.71. The Kier molecular flexibility index (Phi) is 64.2. The Bertz CT molecular complexity index is 5220. The minimum atomic E-state index is -3.76. The fraction of sp³-hybridized carbons (Fsp3) is 0.471. The molecule has 6 aromatic rings. The Morgan fingerprint density at radius 1 is 0.299 bits per heavy atom. The second kappa shape index (κ2) is 68.3. The lowest BCUT2D eigenvalue weighted by atomic mass is 9.98. The summed E-state index contributed by atoms with van der Waals surface area (Å²) in [6, 6.07) is 52.3. The molecule has 0 aliphatic heterocycles. The highest BCUT2D eigenvalue weighted by atomic mass is 31.2. The van der Waals surface area contributed by atoms with Crippen molar-refractivity contribution in [2.24, 2.45) is 0 Å². The molecule has 36 nitrogen and oxygen atoms in total. The average molecular weight is 2240 g/mol. The molecule has 0 spiro atoms. The van der Waals surface area contributed by atoms with Gasteiger partial charge in [0.2, 0.25) is 0 Å². The van der Waals surface area contributed by atoms with Crippen LogP contribution >= 0.6 is 67.7 Å². The second-order valence-corrected chi connectivity index (χ2v) is 57.7. The number of allylic oxidation sites excluding steroid dienone is 6. The van der Waals surface area contributed by atoms with Gasteiger partial charge in [0.05, 0.1) is 46.8 Å². The molecule has 828 valence electrons. The van der Waals surface area contributed by atoms with Crippen molar-refractivity contribution in [3.05, 3.63) is 291 Å². The van der Waals surface area contributed by atoms with E-state index in [1.807, 2.05) is 76.2 Å². The van der Waals surface area contributed by atoms with Crippen LogP contribution in [0, 0.1) is 0 Å². The highest BCUT2D eigenvalue weighted by Crippen LogP contribution is 2.64. The first-order chi connectivity index (χ1) is 68.3. The van der Waals surface area contributed by atoms with Crippen LogP contribution in [0.15, 0.2) is 291 Å². The summed E-state index contributed by atoms with van der Waals surface area (Å²) in [6.45, 7) is 71.9. The Morgan fingerprint density at radius 3 is 0.844 bits per heavy atom. The van der Waals surface area contributed by atoms with Gasteiger partial charge in [0, 0.05) is 75.4 Å². The predicted molar refractivity (Wildman–Crippen MR) is 576 cm³/mol. The molecule has 0 heterocycles. The van der Waals surface area contributed by atoms with E-state index in [1.165, 1.54) is 59.3 Å². The van der Waals surface area contributed by atoms with E-state index in [4.69, 9.17) is 128 Å². The zero-order chi connectivity index (χ0) is 112. The fourth-order valence-electron chi connectivity index (χ4n) is 10.1. The Morgan fingerprint density at radius 2 is 0.565 bits per heavy atom. The van der Waals surface area contributed by atoms with Gasteiger partial charge in [-0.25, -0.2) is 43.3 Å². The first kappa shape index (κ1) is 138. The lowest BCUT2D eigenvalue weighted by molar-refractivity contribution is -0.324. The van der Waals surface area contributed by atoms with Crippen molar-refractivity contribution in [3.63, 3.8) is 0 Å². The molecule has 6 unspecified atom stereocenters. The molecule has 0 radical (unpaired) electrons. The Hall–Kier alpha value is -6.83. The quantitative estimate of drug-likeness (QED) is 0.0194. The number of para-hydroxylation sites is 5. The van der Waals surface area contributed by atoms with Crippen molar-refractivity contribution in [1.82, 2.24) is 0 Å². The molecule has 0 amide bonds. The lowest BCUT2D eigenvalue weighted by Gasteiger charge is -2.27. The van der Waals surface area contributed by atoms with Crippen molar-refractivity contribution in [1.29, 1.82) is 0 Å². The maximum absolute atomic E-state index is 12.9. The van der Waals surface area contributed by atoms with Crippen LogP contribution in [0.1, 0.15) is 242 Å². The summed E-state index contributed by atoms with van der Waals surface area (Å²) in [5.41, 5.74) is -2.61. The molecule has 9 rings (SSSR count).